The minimum Gasteiger partial charge on any atom is -0.0616 e. The van der Waals surface area contributed by atoms with Crippen molar-refractivity contribution in [3.8, 4) is 78.5 Å². The summed E-state index contributed by atoms with van der Waals surface area (Å²) in [5.74, 6) is 1.40. The van der Waals surface area contributed by atoms with Gasteiger partial charge in [0, 0.05) is 23.0 Å². The number of hydrogen-bond acceptors (Lipinski definition) is 4. The number of anilines is 6. The predicted octanol–water partition coefficient (Wildman–Crippen LogP) is 19.2. The first-order valence-corrected chi connectivity index (χ1v) is 27.4. The van der Waals surface area contributed by atoms with Crippen LogP contribution in [0.25, 0.3) is 78.0 Å². The summed E-state index contributed by atoms with van der Waals surface area (Å²) < 4.78 is 55.8. The monoisotopic (exact) mass is 1210 g/mol. The summed E-state index contributed by atoms with van der Waals surface area (Å²) in [4.78, 5) is 9.57. The van der Waals surface area contributed by atoms with Crippen LogP contribution in [0.2, 0.25) is 0 Å². The Morgan fingerprint density at radius 1 is 0.438 bits per heavy atom. The summed E-state index contributed by atoms with van der Waals surface area (Å²) in [5.41, 5.74) is 17.3. The van der Waals surface area contributed by atoms with Gasteiger partial charge in [0.2, 0.25) is 0 Å². The molecule has 0 radical (unpaired) electrons. The molecule has 0 bridgehead atoms. The van der Waals surface area contributed by atoms with Gasteiger partial charge < -0.3 is 4.90 Å². The zero-order chi connectivity index (χ0) is 57.9. The van der Waals surface area contributed by atoms with Crippen molar-refractivity contribution in [1.82, 2.24) is 14.1 Å². The molecule has 7 heteroatoms. The first-order chi connectivity index (χ1) is 41.6. The number of benzene rings is 11. The number of para-hydroxylation sites is 7. The van der Waals surface area contributed by atoms with Crippen LogP contribution in [0.4, 0.5) is 34.3 Å². The van der Waals surface area contributed by atoms with Crippen LogP contribution in [0.15, 0.2) is 279 Å². The van der Waals surface area contributed by atoms with Crippen LogP contribution in [-0.2, 0) is 19.4 Å². The van der Waals surface area contributed by atoms with Crippen LogP contribution >= 0.6 is 0 Å². The number of nitrogens with zero attached hydrogens (tertiary/aromatic N) is 5. The molecule has 384 valence electrons. The fourth-order valence-electron chi connectivity index (χ4n) is 11.0. The third-order valence-corrected chi connectivity index (χ3v) is 15.6. The molecule has 13 aromatic rings. The van der Waals surface area contributed by atoms with E-state index < -0.39 is 18.1 Å². The maximum absolute atomic E-state index is 8.92. The van der Waals surface area contributed by atoms with Crippen LogP contribution in [0.3, 0.4) is 0 Å². The molecule has 0 fully saturated rings. The third-order valence-electron chi connectivity index (χ3n) is 14.6. The van der Waals surface area contributed by atoms with E-state index in [0.29, 0.717) is 34.1 Å². The van der Waals surface area contributed by atoms with E-state index in [1.807, 2.05) is 67.6 Å². The molecule has 2 aromatic heterocycles. The van der Waals surface area contributed by atoms with Crippen LogP contribution < -0.4 is 14.5 Å². The normalized spacial score (nSPS) is 12.7. The first kappa shape index (κ1) is 43.1. The molecule has 0 amide bonds. The van der Waals surface area contributed by atoms with Crippen molar-refractivity contribution in [1.29, 1.82) is 0 Å². The van der Waals surface area contributed by atoms with Crippen LogP contribution in [0, 0.1) is 22.9 Å². The maximum atomic E-state index is 8.92. The Hall–Kier alpha value is -9.87. The van der Waals surface area contributed by atoms with Gasteiger partial charge in [-0.15, -0.1) is 0 Å². The van der Waals surface area contributed by atoms with E-state index in [1.54, 1.807) is 6.20 Å². The van der Waals surface area contributed by atoms with E-state index >= 15 is 0 Å². The average molecular weight is 1210 g/mol. The van der Waals surface area contributed by atoms with E-state index in [9.17, 15) is 0 Å². The average Bonchev–Trinajstić information content (AvgIpc) is 1.91. The molecule has 0 atom stereocenters. The van der Waals surface area contributed by atoms with E-state index in [2.05, 4.69) is 232 Å². The zero-order valence-electron chi connectivity index (χ0n) is 48.1. The summed E-state index contributed by atoms with van der Waals surface area (Å²) in [6.45, 7) is 1.88. The van der Waals surface area contributed by atoms with Gasteiger partial charge >= 0.3 is 306 Å². The number of rotatable bonds is 9. The molecule has 0 N–H and O–H groups in total. The van der Waals surface area contributed by atoms with Gasteiger partial charge in [-0.1, -0.05) is 96.9 Å². The van der Waals surface area contributed by atoms with Gasteiger partial charge in [0.15, 0.2) is 0 Å². The number of pyridine rings is 1. The second-order valence-corrected chi connectivity index (χ2v) is 20.4. The SMILES string of the molecule is [2H]c1c([2H])c([2H])c(-c2cnc(N3c4[c-]c(Oc5[c-]c(-n6[c](=[Pt])n(-c7c(-c8ccccc8)cccc7-c7ccccc7)c7ccccc76)ccc5)ccc4-c4ccccc4N(c4ccccc4)c4ccccc4-c4ccccc43)cc2C)c([2H])c1[2H]. The fraction of sp³-hybridized carbons (Fsp3) is 0.0137. The predicted molar refractivity (Wildman–Crippen MR) is 323 cm³/mol. The van der Waals surface area contributed by atoms with Crippen LogP contribution in [-0.4, -0.2) is 14.1 Å². The minimum absolute atomic E-state index is 0.0836. The summed E-state index contributed by atoms with van der Waals surface area (Å²) >= 11 is 2.45. The topological polar surface area (TPSA) is 38.5 Å². The number of hydrogen-bond donors (Lipinski definition) is 0. The van der Waals surface area contributed by atoms with E-state index in [4.69, 9.17) is 16.6 Å². The number of fused-ring (bicyclic) bond motifs is 7. The van der Waals surface area contributed by atoms with Crippen molar-refractivity contribution < 1.29 is 30.9 Å². The van der Waals surface area contributed by atoms with Gasteiger partial charge in [0.25, 0.3) is 0 Å². The number of imidazole rings is 1. The molecular formula is C73H49N5OPt-2. The summed E-state index contributed by atoms with van der Waals surface area (Å²) in [7, 11) is 0. The van der Waals surface area contributed by atoms with Gasteiger partial charge in [-0.05, 0) is 42.3 Å². The Kier molecular flexibility index (Phi) is 11.2. The molecule has 11 aromatic carbocycles. The second-order valence-electron chi connectivity index (χ2n) is 19.3. The van der Waals surface area contributed by atoms with Crippen LogP contribution in [0.5, 0.6) is 11.5 Å². The number of aryl methyl sites for hydroxylation is 1. The smallest absolute Gasteiger partial charge is 0.0616 e. The molecular weight excluding hydrogens is 1160 g/mol. The fourth-order valence-corrected chi connectivity index (χ4v) is 12.1. The molecule has 0 spiro atoms. The van der Waals surface area contributed by atoms with E-state index in [-0.39, 0.29) is 17.6 Å². The van der Waals surface area contributed by atoms with Crippen molar-refractivity contribution in [2.24, 2.45) is 0 Å². The van der Waals surface area contributed by atoms with Crippen molar-refractivity contribution in [2.75, 3.05) is 9.80 Å². The zero-order valence-corrected chi connectivity index (χ0v) is 45.4. The Morgan fingerprint density at radius 3 is 1.57 bits per heavy atom. The van der Waals surface area contributed by atoms with Gasteiger partial charge in [0.1, 0.15) is 0 Å². The molecule has 80 heavy (non-hydrogen) atoms. The molecule has 6 nitrogen and oxygen atoms in total. The first-order valence-electron chi connectivity index (χ1n) is 28.8. The Balaban J connectivity index is 0.961. The van der Waals surface area contributed by atoms with E-state index in [0.717, 1.165) is 93.5 Å². The molecule has 0 saturated carbocycles. The van der Waals surface area contributed by atoms with Gasteiger partial charge in [0.05, 0.1) is 12.5 Å². The quantitative estimate of drug-likeness (QED) is 0.135. The van der Waals surface area contributed by atoms with Crippen molar-refractivity contribution in [3.05, 3.63) is 301 Å². The number of aromatic nitrogens is 3. The molecule has 3 heterocycles. The van der Waals surface area contributed by atoms with Crippen LogP contribution in [0.1, 0.15) is 12.4 Å². The molecule has 0 saturated heterocycles. The van der Waals surface area contributed by atoms with Crippen molar-refractivity contribution in [2.45, 2.75) is 6.92 Å². The Bertz CT molecular complexity index is 4730. The van der Waals surface area contributed by atoms with Gasteiger partial charge in [-0.3, -0.25) is 0 Å². The standard InChI is InChI=1S/C73H49N5O.Pt/c1-51-46-72(74-49-65(51)54-28-10-4-11-29-54)78-68-41-19-16-35-62(68)61-34-14-17-39-66(61)77(55-30-12-5-13-31-55)67-40-18-15-36-63(67)64-45-44-58(48-71(64)78)79-57-33-22-32-56(47-57)75-50-76(70-43-21-20-42-69(70)75)73-59(52-24-6-2-7-25-52)37-23-38-60(73)53-26-8-3-9-27-53;/h2-46,49H,1H3;/q-2;/i4D,10D,11D,28D,29D;. The summed E-state index contributed by atoms with van der Waals surface area (Å²) in [6, 6.07) is 89.0. The molecule has 0 aliphatic carbocycles. The molecule has 1 aliphatic heterocycles. The second kappa shape index (κ2) is 20.8. The third kappa shape index (κ3) is 8.67. The van der Waals surface area contributed by atoms with Crippen molar-refractivity contribution >= 4 is 45.3 Å². The summed E-state index contributed by atoms with van der Waals surface area (Å²) in [6.07, 6.45) is 1.61. The molecule has 0 unspecified atom stereocenters. The van der Waals surface area contributed by atoms with E-state index in [1.165, 1.54) is 0 Å². The number of ether oxygens (including phenoxy) is 1. The Morgan fingerprint density at radius 2 is 0.950 bits per heavy atom. The minimum atomic E-state index is -0.453. The molecule has 1 aliphatic rings. The summed E-state index contributed by atoms with van der Waals surface area (Å²) in [5, 5.41) is 0. The van der Waals surface area contributed by atoms with Gasteiger partial charge in [-0.25, -0.2) is 0 Å². The molecule has 14 rings (SSSR count). The Labute approximate surface area is 483 Å². The van der Waals surface area contributed by atoms with Crippen molar-refractivity contribution in [3.63, 3.8) is 0 Å². The van der Waals surface area contributed by atoms with Gasteiger partial charge in [-0.2, -0.15) is 0 Å².